The highest BCUT2D eigenvalue weighted by atomic mass is 35.5. The quantitative estimate of drug-likeness (QED) is 0.780. The lowest BCUT2D eigenvalue weighted by atomic mass is 10.1. The lowest BCUT2D eigenvalue weighted by Crippen LogP contribution is -1.89. The molecule has 0 amide bonds. The van der Waals surface area contributed by atoms with Gasteiger partial charge in [-0.2, -0.15) is 0 Å². The van der Waals surface area contributed by atoms with E-state index in [1.807, 2.05) is 31.3 Å². The zero-order valence-electron chi connectivity index (χ0n) is 8.13. The molecule has 4 heteroatoms. The molecule has 1 nitrogen and oxygen atoms in total. The molecule has 78 valence electrons. The Bertz CT molecular complexity index is 459. The fraction of sp³-hybridized carbons (Fsp3) is 0.182. The highest BCUT2D eigenvalue weighted by Gasteiger charge is 2.08. The molecule has 2 aromatic rings. The smallest absolute Gasteiger partial charge is 0.0972 e. The van der Waals surface area contributed by atoms with E-state index in [1.54, 1.807) is 11.3 Å². The van der Waals surface area contributed by atoms with Crippen LogP contribution in [0.15, 0.2) is 24.4 Å². The average molecular weight is 258 g/mol. The van der Waals surface area contributed by atoms with Crippen LogP contribution >= 0.6 is 34.5 Å². The third-order valence-corrected chi connectivity index (χ3v) is 3.68. The lowest BCUT2D eigenvalue weighted by Gasteiger charge is -2.03. The number of halogens is 2. The average Bonchev–Trinajstić information content (AvgIpc) is 2.58. The van der Waals surface area contributed by atoms with E-state index >= 15 is 0 Å². The summed E-state index contributed by atoms with van der Waals surface area (Å²) in [7, 11) is 0. The van der Waals surface area contributed by atoms with Crippen LogP contribution in [0.3, 0.4) is 0 Å². The Hall–Kier alpha value is -0.570. The number of hydrogen-bond acceptors (Lipinski definition) is 2. The summed E-state index contributed by atoms with van der Waals surface area (Å²) in [5.74, 6) is 0. The summed E-state index contributed by atoms with van der Waals surface area (Å²) >= 11 is 13.8. The Kier molecular flexibility index (Phi) is 3.29. The molecule has 1 aromatic carbocycles. The first-order valence-corrected chi connectivity index (χ1v) is 6.08. The van der Waals surface area contributed by atoms with Crippen molar-refractivity contribution in [1.82, 2.24) is 4.98 Å². The summed E-state index contributed by atoms with van der Waals surface area (Å²) < 4.78 is 0. The molecule has 0 atom stereocenters. The Balaban J connectivity index is 2.31. The molecule has 0 aliphatic carbocycles. The summed E-state index contributed by atoms with van der Waals surface area (Å²) in [6.07, 6.45) is 2.57. The largest absolute Gasteiger partial charge is 0.249 e. The van der Waals surface area contributed by atoms with E-state index in [0.717, 1.165) is 10.6 Å². The molecule has 0 saturated heterocycles. The van der Waals surface area contributed by atoms with Gasteiger partial charge in [-0.3, -0.25) is 0 Å². The van der Waals surface area contributed by atoms with Crippen molar-refractivity contribution in [2.75, 3.05) is 0 Å². The van der Waals surface area contributed by atoms with Crippen LogP contribution in [-0.4, -0.2) is 4.98 Å². The van der Waals surface area contributed by atoms with E-state index in [2.05, 4.69) is 4.98 Å². The van der Waals surface area contributed by atoms with Crippen LogP contribution in [0.1, 0.15) is 15.4 Å². The predicted molar refractivity (Wildman–Crippen MR) is 66.1 cm³/mol. The van der Waals surface area contributed by atoms with Crippen molar-refractivity contribution in [3.63, 3.8) is 0 Å². The van der Waals surface area contributed by atoms with Crippen LogP contribution in [0.25, 0.3) is 0 Å². The number of hydrogen-bond donors (Lipinski definition) is 0. The van der Waals surface area contributed by atoms with Gasteiger partial charge in [0.2, 0.25) is 0 Å². The summed E-state index contributed by atoms with van der Waals surface area (Å²) in [4.78, 5) is 5.50. The Morgan fingerprint density at radius 3 is 2.47 bits per heavy atom. The second-order valence-corrected chi connectivity index (χ2v) is 5.38. The van der Waals surface area contributed by atoms with Gasteiger partial charge in [0.15, 0.2) is 0 Å². The zero-order chi connectivity index (χ0) is 10.8. The third-order valence-electron chi connectivity index (χ3n) is 2.06. The molecule has 0 N–H and O–H groups in total. The number of nitrogens with zero attached hydrogens (tertiary/aromatic N) is 1. The number of thiazole rings is 1. The van der Waals surface area contributed by atoms with Crippen molar-refractivity contribution in [1.29, 1.82) is 0 Å². The number of rotatable bonds is 2. The number of aryl methyl sites for hydroxylation is 1. The molecule has 15 heavy (non-hydrogen) atoms. The Morgan fingerprint density at radius 1 is 1.27 bits per heavy atom. The predicted octanol–water partition coefficient (Wildman–Crippen LogP) is 4.35. The molecule has 1 heterocycles. The molecule has 0 spiro atoms. The molecule has 0 fully saturated rings. The fourth-order valence-corrected chi connectivity index (χ4v) is 2.67. The molecular weight excluding hydrogens is 249 g/mol. The minimum absolute atomic E-state index is 0.704. The Labute approximate surface area is 103 Å². The highest BCUT2D eigenvalue weighted by molar-refractivity contribution is 7.11. The van der Waals surface area contributed by atoms with E-state index in [0.29, 0.717) is 16.5 Å². The van der Waals surface area contributed by atoms with Gasteiger partial charge in [0, 0.05) is 27.5 Å². The van der Waals surface area contributed by atoms with Crippen LogP contribution in [0, 0.1) is 6.92 Å². The van der Waals surface area contributed by atoms with E-state index in [9.17, 15) is 0 Å². The summed E-state index contributed by atoms with van der Waals surface area (Å²) in [5.41, 5.74) is 0.954. The molecule has 0 saturated carbocycles. The first-order chi connectivity index (χ1) is 7.16. The molecule has 1 aromatic heterocycles. The van der Waals surface area contributed by atoms with Gasteiger partial charge in [0.25, 0.3) is 0 Å². The normalized spacial score (nSPS) is 10.6. The molecular formula is C11H9Cl2NS. The summed E-state index contributed by atoms with van der Waals surface area (Å²) in [6, 6.07) is 5.55. The summed E-state index contributed by atoms with van der Waals surface area (Å²) in [6.45, 7) is 2.04. The number of benzene rings is 1. The minimum Gasteiger partial charge on any atom is -0.249 e. The second kappa shape index (κ2) is 4.52. The van der Waals surface area contributed by atoms with Crippen LogP contribution in [0.2, 0.25) is 10.0 Å². The van der Waals surface area contributed by atoms with E-state index in [-0.39, 0.29) is 0 Å². The van der Waals surface area contributed by atoms with Gasteiger partial charge in [-0.1, -0.05) is 29.3 Å². The standard InChI is InChI=1S/C11H9Cl2NS/c1-7-6-14-11(15-7)5-8-9(12)3-2-4-10(8)13/h2-4,6H,5H2,1H3. The van der Waals surface area contributed by atoms with Crippen molar-refractivity contribution >= 4 is 34.5 Å². The van der Waals surface area contributed by atoms with Crippen molar-refractivity contribution in [3.8, 4) is 0 Å². The van der Waals surface area contributed by atoms with E-state index < -0.39 is 0 Å². The second-order valence-electron chi connectivity index (χ2n) is 3.24. The van der Waals surface area contributed by atoms with Gasteiger partial charge in [-0.05, 0) is 24.6 Å². The van der Waals surface area contributed by atoms with Crippen molar-refractivity contribution in [2.45, 2.75) is 13.3 Å². The van der Waals surface area contributed by atoms with Crippen LogP contribution in [-0.2, 0) is 6.42 Å². The molecule has 2 rings (SSSR count). The molecule has 0 unspecified atom stereocenters. The van der Waals surface area contributed by atoms with Crippen molar-refractivity contribution in [2.24, 2.45) is 0 Å². The Morgan fingerprint density at radius 2 is 1.93 bits per heavy atom. The number of aromatic nitrogens is 1. The van der Waals surface area contributed by atoms with Crippen LogP contribution < -0.4 is 0 Å². The zero-order valence-corrected chi connectivity index (χ0v) is 10.5. The maximum absolute atomic E-state index is 6.08. The minimum atomic E-state index is 0.704. The van der Waals surface area contributed by atoms with E-state index in [1.165, 1.54) is 4.88 Å². The van der Waals surface area contributed by atoms with Gasteiger partial charge in [0.05, 0.1) is 5.01 Å². The molecule has 0 radical (unpaired) electrons. The third kappa shape index (κ3) is 2.51. The SMILES string of the molecule is Cc1cnc(Cc2c(Cl)cccc2Cl)s1. The van der Waals surface area contributed by atoms with Crippen LogP contribution in [0.5, 0.6) is 0 Å². The van der Waals surface area contributed by atoms with E-state index in [4.69, 9.17) is 23.2 Å². The van der Waals surface area contributed by atoms with Gasteiger partial charge < -0.3 is 0 Å². The molecule has 0 bridgehead atoms. The first-order valence-electron chi connectivity index (χ1n) is 4.51. The maximum atomic E-state index is 6.08. The van der Waals surface area contributed by atoms with Gasteiger partial charge in [-0.15, -0.1) is 11.3 Å². The van der Waals surface area contributed by atoms with Gasteiger partial charge in [0.1, 0.15) is 0 Å². The van der Waals surface area contributed by atoms with Crippen LogP contribution in [0.4, 0.5) is 0 Å². The topological polar surface area (TPSA) is 12.9 Å². The molecule has 0 aliphatic heterocycles. The van der Waals surface area contributed by atoms with Crippen molar-refractivity contribution in [3.05, 3.63) is 49.9 Å². The fourth-order valence-electron chi connectivity index (χ4n) is 1.34. The van der Waals surface area contributed by atoms with Crippen molar-refractivity contribution < 1.29 is 0 Å². The van der Waals surface area contributed by atoms with Gasteiger partial charge >= 0.3 is 0 Å². The first kappa shape index (κ1) is 10.9. The van der Waals surface area contributed by atoms with Gasteiger partial charge in [-0.25, -0.2) is 4.98 Å². The summed E-state index contributed by atoms with van der Waals surface area (Å²) in [5, 5.41) is 2.45. The highest BCUT2D eigenvalue weighted by Crippen LogP contribution is 2.27. The molecule has 0 aliphatic rings. The lowest BCUT2D eigenvalue weighted by molar-refractivity contribution is 1.14. The monoisotopic (exact) mass is 257 g/mol. The maximum Gasteiger partial charge on any atom is 0.0972 e.